The number of hydrogen-bond donors (Lipinski definition) is 2. The third-order valence-corrected chi connectivity index (χ3v) is 6.14. The number of carbonyl (C=O) groups excluding carboxylic acids is 2. The molecular weight excluding hydrogens is 416 g/mol. The molecular formula is C26H30N4O3. The number of nitrogens with zero attached hydrogens (tertiary/aromatic N) is 2. The Morgan fingerprint density at radius 2 is 1.76 bits per heavy atom. The first-order valence-electron chi connectivity index (χ1n) is 11.6. The smallest absolute Gasteiger partial charge is 0.273 e. The van der Waals surface area contributed by atoms with Gasteiger partial charge in [0.05, 0.1) is 11.0 Å². The number of para-hydroxylation sites is 2. The van der Waals surface area contributed by atoms with E-state index >= 15 is 0 Å². The highest BCUT2D eigenvalue weighted by atomic mass is 16.2. The predicted molar refractivity (Wildman–Crippen MR) is 128 cm³/mol. The standard InChI is InChI=1S/C26H30N4O3/c1-18-10-12-19(13-11-18)16-27-25(32)17-30-23-9-5-4-8-21(23)29-22(26(30)33)14-15-24(31)28-20-6-2-3-7-20/h4-5,8-13,20H,2-3,6-7,14-17H2,1H3,(H,27,32)(H,28,31). The Balaban J connectivity index is 1.47. The molecule has 3 aromatic rings. The molecule has 0 saturated heterocycles. The van der Waals surface area contributed by atoms with Gasteiger partial charge in [-0.3, -0.25) is 19.0 Å². The van der Waals surface area contributed by atoms with Gasteiger partial charge in [-0.25, -0.2) is 4.98 Å². The lowest BCUT2D eigenvalue weighted by atomic mass is 10.1. The molecule has 1 heterocycles. The molecule has 0 bridgehead atoms. The SMILES string of the molecule is Cc1ccc(CNC(=O)Cn2c(=O)c(CCC(=O)NC3CCCC3)nc3ccccc32)cc1. The van der Waals surface area contributed by atoms with E-state index < -0.39 is 0 Å². The van der Waals surface area contributed by atoms with Crippen LogP contribution in [0, 0.1) is 6.92 Å². The van der Waals surface area contributed by atoms with Crippen LogP contribution in [0.4, 0.5) is 0 Å². The lowest BCUT2D eigenvalue weighted by Gasteiger charge is -2.14. The third kappa shape index (κ3) is 5.86. The van der Waals surface area contributed by atoms with E-state index in [0.29, 0.717) is 23.3 Å². The van der Waals surface area contributed by atoms with Crippen LogP contribution in [-0.4, -0.2) is 27.4 Å². The van der Waals surface area contributed by atoms with Crippen molar-refractivity contribution < 1.29 is 9.59 Å². The molecule has 7 heteroatoms. The summed E-state index contributed by atoms with van der Waals surface area (Å²) in [7, 11) is 0. The van der Waals surface area contributed by atoms with Crippen LogP contribution in [-0.2, 0) is 29.1 Å². The second-order valence-electron chi connectivity index (χ2n) is 8.75. The molecule has 2 aromatic carbocycles. The van der Waals surface area contributed by atoms with Gasteiger partial charge in [-0.2, -0.15) is 0 Å². The van der Waals surface area contributed by atoms with Crippen LogP contribution in [0.25, 0.3) is 11.0 Å². The first-order chi connectivity index (χ1) is 16.0. The van der Waals surface area contributed by atoms with Gasteiger partial charge < -0.3 is 10.6 Å². The quantitative estimate of drug-likeness (QED) is 0.556. The van der Waals surface area contributed by atoms with E-state index in [1.807, 2.05) is 49.4 Å². The van der Waals surface area contributed by atoms with E-state index in [4.69, 9.17) is 0 Å². The minimum Gasteiger partial charge on any atom is -0.353 e. The molecule has 0 atom stereocenters. The summed E-state index contributed by atoms with van der Waals surface area (Å²) >= 11 is 0. The summed E-state index contributed by atoms with van der Waals surface area (Å²) in [6.45, 7) is 2.30. The summed E-state index contributed by atoms with van der Waals surface area (Å²) in [5.41, 5.74) is 3.37. The number of benzene rings is 2. The average Bonchev–Trinajstić information content (AvgIpc) is 3.32. The topological polar surface area (TPSA) is 93.1 Å². The maximum absolute atomic E-state index is 13.2. The Bertz CT molecular complexity index is 1190. The monoisotopic (exact) mass is 446 g/mol. The van der Waals surface area contributed by atoms with Crippen molar-refractivity contribution in [1.82, 2.24) is 20.2 Å². The van der Waals surface area contributed by atoms with E-state index in [9.17, 15) is 14.4 Å². The van der Waals surface area contributed by atoms with E-state index in [2.05, 4.69) is 15.6 Å². The minimum absolute atomic E-state index is 0.0568. The molecule has 0 spiro atoms. The molecule has 1 fully saturated rings. The molecule has 1 aliphatic carbocycles. The van der Waals surface area contributed by atoms with E-state index in [1.165, 1.54) is 4.57 Å². The lowest BCUT2D eigenvalue weighted by Crippen LogP contribution is -2.35. The average molecular weight is 447 g/mol. The van der Waals surface area contributed by atoms with Crippen LogP contribution in [0.2, 0.25) is 0 Å². The number of amides is 2. The number of rotatable bonds is 8. The molecule has 0 aliphatic heterocycles. The van der Waals surface area contributed by atoms with Gasteiger partial charge in [0, 0.05) is 25.4 Å². The number of nitrogens with one attached hydrogen (secondary N) is 2. The van der Waals surface area contributed by atoms with Gasteiger partial charge in [0.1, 0.15) is 12.2 Å². The van der Waals surface area contributed by atoms with Crippen LogP contribution in [0.5, 0.6) is 0 Å². The van der Waals surface area contributed by atoms with Crippen molar-refractivity contribution in [3.63, 3.8) is 0 Å². The van der Waals surface area contributed by atoms with Crippen LogP contribution in [0.1, 0.15) is 48.9 Å². The Morgan fingerprint density at radius 3 is 2.52 bits per heavy atom. The molecule has 2 N–H and O–H groups in total. The fraction of sp³-hybridized carbons (Fsp3) is 0.385. The second-order valence-corrected chi connectivity index (χ2v) is 8.75. The summed E-state index contributed by atoms with van der Waals surface area (Å²) in [6.07, 6.45) is 4.78. The largest absolute Gasteiger partial charge is 0.353 e. The van der Waals surface area contributed by atoms with Crippen molar-refractivity contribution in [3.05, 3.63) is 75.7 Å². The molecule has 0 unspecified atom stereocenters. The predicted octanol–water partition coefficient (Wildman–Crippen LogP) is 3.01. The maximum Gasteiger partial charge on any atom is 0.273 e. The third-order valence-electron chi connectivity index (χ3n) is 6.14. The summed E-state index contributed by atoms with van der Waals surface area (Å²) in [5.74, 6) is -0.308. The fourth-order valence-corrected chi connectivity index (χ4v) is 4.27. The first-order valence-corrected chi connectivity index (χ1v) is 11.6. The van der Waals surface area contributed by atoms with Crippen LogP contribution in [0.3, 0.4) is 0 Å². The molecule has 1 aromatic heterocycles. The van der Waals surface area contributed by atoms with Crippen molar-refractivity contribution >= 4 is 22.8 Å². The Hall–Kier alpha value is -3.48. The molecule has 1 saturated carbocycles. The minimum atomic E-state index is -0.326. The van der Waals surface area contributed by atoms with Gasteiger partial charge in [-0.15, -0.1) is 0 Å². The molecule has 0 radical (unpaired) electrons. The van der Waals surface area contributed by atoms with Gasteiger partial charge in [-0.1, -0.05) is 54.8 Å². The molecule has 1 aliphatic rings. The van der Waals surface area contributed by atoms with E-state index in [0.717, 1.165) is 36.8 Å². The van der Waals surface area contributed by atoms with Gasteiger partial charge >= 0.3 is 0 Å². The highest BCUT2D eigenvalue weighted by molar-refractivity contribution is 5.80. The zero-order valence-corrected chi connectivity index (χ0v) is 19.0. The van der Waals surface area contributed by atoms with Gasteiger partial charge in [0.25, 0.3) is 5.56 Å². The number of fused-ring (bicyclic) bond motifs is 1. The highest BCUT2D eigenvalue weighted by Gasteiger charge is 2.18. The second kappa shape index (κ2) is 10.4. The molecule has 33 heavy (non-hydrogen) atoms. The number of carbonyl (C=O) groups is 2. The van der Waals surface area contributed by atoms with Crippen LogP contribution >= 0.6 is 0 Å². The lowest BCUT2D eigenvalue weighted by molar-refractivity contribution is -0.122. The first kappa shape index (κ1) is 22.7. The van der Waals surface area contributed by atoms with Crippen molar-refractivity contribution in [3.8, 4) is 0 Å². The Labute approximate surface area is 193 Å². The normalized spacial score (nSPS) is 13.8. The van der Waals surface area contributed by atoms with E-state index in [1.54, 1.807) is 6.07 Å². The van der Waals surface area contributed by atoms with Crippen molar-refractivity contribution in [2.24, 2.45) is 0 Å². The molecule has 2 amide bonds. The number of hydrogen-bond acceptors (Lipinski definition) is 4. The molecule has 7 nitrogen and oxygen atoms in total. The summed E-state index contributed by atoms with van der Waals surface area (Å²) in [5, 5.41) is 5.93. The van der Waals surface area contributed by atoms with Crippen LogP contribution in [0.15, 0.2) is 53.3 Å². The summed E-state index contributed by atoms with van der Waals surface area (Å²) < 4.78 is 1.46. The fourth-order valence-electron chi connectivity index (χ4n) is 4.27. The van der Waals surface area contributed by atoms with Crippen molar-refractivity contribution in [2.75, 3.05) is 0 Å². The zero-order chi connectivity index (χ0) is 23.2. The van der Waals surface area contributed by atoms with Crippen molar-refractivity contribution in [2.45, 2.75) is 64.6 Å². The van der Waals surface area contributed by atoms with E-state index in [-0.39, 0.29) is 42.8 Å². The Kier molecular flexibility index (Phi) is 7.17. The number of aromatic nitrogens is 2. The molecule has 4 rings (SSSR count). The van der Waals surface area contributed by atoms with Crippen LogP contribution < -0.4 is 16.2 Å². The van der Waals surface area contributed by atoms with Gasteiger partial charge in [0.2, 0.25) is 11.8 Å². The zero-order valence-electron chi connectivity index (χ0n) is 19.0. The number of aryl methyl sites for hydroxylation is 2. The summed E-state index contributed by atoms with van der Waals surface area (Å²) in [4.78, 5) is 42.7. The maximum atomic E-state index is 13.2. The summed E-state index contributed by atoms with van der Waals surface area (Å²) in [6, 6.07) is 15.4. The van der Waals surface area contributed by atoms with Gasteiger partial charge in [0.15, 0.2) is 0 Å². The Morgan fingerprint density at radius 1 is 1.03 bits per heavy atom. The highest BCUT2D eigenvalue weighted by Crippen LogP contribution is 2.18. The van der Waals surface area contributed by atoms with Gasteiger partial charge in [-0.05, 0) is 37.5 Å². The molecule has 172 valence electrons. The van der Waals surface area contributed by atoms with Crippen molar-refractivity contribution in [1.29, 1.82) is 0 Å².